The second-order valence-electron chi connectivity index (χ2n) is 7.12. The number of piperidine rings is 1. The Balaban J connectivity index is 1.23. The van der Waals surface area contributed by atoms with Crippen molar-refractivity contribution in [1.82, 2.24) is 24.6 Å². The van der Waals surface area contributed by atoms with Gasteiger partial charge in [-0.2, -0.15) is 5.10 Å². The third kappa shape index (κ3) is 3.93. The van der Waals surface area contributed by atoms with Gasteiger partial charge in [-0.25, -0.2) is 9.97 Å². The summed E-state index contributed by atoms with van der Waals surface area (Å²) in [4.78, 5) is 11.6. The van der Waals surface area contributed by atoms with Crippen LogP contribution in [-0.4, -0.2) is 50.3 Å². The number of hydrogen-bond donors (Lipinski definition) is 1. The molecule has 6 nitrogen and oxygen atoms in total. The number of aromatic nitrogens is 4. The van der Waals surface area contributed by atoms with Crippen LogP contribution in [0.15, 0.2) is 24.7 Å². The molecule has 6 heteroatoms. The monoisotopic (exact) mass is 326 g/mol. The summed E-state index contributed by atoms with van der Waals surface area (Å²) in [5.41, 5.74) is 1.23. The van der Waals surface area contributed by atoms with Gasteiger partial charge in [0.05, 0.1) is 12.7 Å². The van der Waals surface area contributed by atoms with Gasteiger partial charge in [-0.3, -0.25) is 4.68 Å². The van der Waals surface area contributed by atoms with E-state index in [-0.39, 0.29) is 0 Å². The number of hydrogen-bond acceptors (Lipinski definition) is 5. The lowest BCUT2D eigenvalue weighted by Crippen LogP contribution is -2.40. The minimum Gasteiger partial charge on any atom is -0.367 e. The number of aryl methyl sites for hydroxylation is 1. The van der Waals surface area contributed by atoms with E-state index in [2.05, 4.69) is 38.4 Å². The first-order valence-electron chi connectivity index (χ1n) is 9.07. The number of nitrogens with zero attached hydrogens (tertiary/aromatic N) is 5. The Morgan fingerprint density at radius 1 is 1.17 bits per heavy atom. The van der Waals surface area contributed by atoms with Gasteiger partial charge in [0.15, 0.2) is 0 Å². The molecule has 0 unspecified atom stereocenters. The van der Waals surface area contributed by atoms with E-state index in [0.717, 1.165) is 37.8 Å². The van der Waals surface area contributed by atoms with E-state index < -0.39 is 0 Å². The summed E-state index contributed by atoms with van der Waals surface area (Å²) in [6, 6.07) is 2.52. The summed E-state index contributed by atoms with van der Waals surface area (Å²) >= 11 is 0. The molecule has 0 spiro atoms. The zero-order chi connectivity index (χ0) is 16.4. The van der Waals surface area contributed by atoms with Crippen LogP contribution < -0.4 is 5.32 Å². The Labute approximate surface area is 143 Å². The molecule has 0 bridgehead atoms. The second-order valence-corrected chi connectivity index (χ2v) is 7.12. The first-order valence-corrected chi connectivity index (χ1v) is 9.07. The largest absolute Gasteiger partial charge is 0.367 e. The molecule has 2 aliphatic rings. The second kappa shape index (κ2) is 6.89. The van der Waals surface area contributed by atoms with Crippen molar-refractivity contribution in [2.24, 2.45) is 0 Å². The van der Waals surface area contributed by atoms with Crippen LogP contribution in [0.1, 0.15) is 43.0 Å². The lowest BCUT2D eigenvalue weighted by Gasteiger charge is -2.32. The van der Waals surface area contributed by atoms with Crippen molar-refractivity contribution in [3.05, 3.63) is 36.0 Å². The smallest absolute Gasteiger partial charge is 0.133 e. The molecular weight excluding hydrogens is 300 g/mol. The van der Waals surface area contributed by atoms with Crippen LogP contribution in [0.4, 0.5) is 5.82 Å². The first-order chi connectivity index (χ1) is 11.8. The van der Waals surface area contributed by atoms with Crippen molar-refractivity contribution in [3.8, 4) is 0 Å². The topological polar surface area (TPSA) is 58.9 Å². The molecule has 1 N–H and O–H groups in total. The minimum absolute atomic E-state index is 0.523. The molecule has 24 heavy (non-hydrogen) atoms. The van der Waals surface area contributed by atoms with Crippen LogP contribution in [0.5, 0.6) is 0 Å². The lowest BCUT2D eigenvalue weighted by atomic mass is 10.1. The lowest BCUT2D eigenvalue weighted by molar-refractivity contribution is 0.209. The van der Waals surface area contributed by atoms with Gasteiger partial charge < -0.3 is 10.2 Å². The molecule has 2 aromatic rings. The van der Waals surface area contributed by atoms with Crippen LogP contribution in [0.2, 0.25) is 0 Å². The fraction of sp³-hybridized carbons (Fsp3) is 0.611. The van der Waals surface area contributed by atoms with Crippen molar-refractivity contribution in [2.45, 2.75) is 51.1 Å². The fourth-order valence-electron chi connectivity index (χ4n) is 3.34. The van der Waals surface area contributed by atoms with Gasteiger partial charge in [-0.1, -0.05) is 0 Å². The van der Waals surface area contributed by atoms with E-state index in [1.807, 2.05) is 23.1 Å². The molecule has 2 fully saturated rings. The zero-order valence-electron chi connectivity index (χ0n) is 14.4. The van der Waals surface area contributed by atoms with E-state index in [1.54, 1.807) is 0 Å². The Bertz CT molecular complexity index is 670. The Kier molecular flexibility index (Phi) is 4.47. The third-order valence-electron chi connectivity index (χ3n) is 4.96. The molecule has 1 saturated carbocycles. The van der Waals surface area contributed by atoms with Crippen molar-refractivity contribution in [1.29, 1.82) is 0 Å². The third-order valence-corrected chi connectivity index (χ3v) is 4.96. The van der Waals surface area contributed by atoms with E-state index >= 15 is 0 Å². The maximum absolute atomic E-state index is 4.68. The number of nitrogens with one attached hydrogen (secondary N) is 1. The van der Waals surface area contributed by atoms with E-state index in [1.165, 1.54) is 31.2 Å². The zero-order valence-corrected chi connectivity index (χ0v) is 14.4. The van der Waals surface area contributed by atoms with Crippen LogP contribution in [-0.2, 0) is 6.54 Å². The molecule has 0 amide bonds. The van der Waals surface area contributed by atoms with Crippen LogP contribution in [0, 0.1) is 6.92 Å². The molecule has 0 atom stereocenters. The van der Waals surface area contributed by atoms with Crippen LogP contribution >= 0.6 is 0 Å². The molecule has 128 valence electrons. The molecule has 1 aliphatic heterocycles. The summed E-state index contributed by atoms with van der Waals surface area (Å²) in [5, 5.41) is 7.97. The van der Waals surface area contributed by atoms with Crippen LogP contribution in [0.3, 0.4) is 0 Å². The predicted octanol–water partition coefficient (Wildman–Crippen LogP) is 2.44. The van der Waals surface area contributed by atoms with Gasteiger partial charge in [0.25, 0.3) is 0 Å². The summed E-state index contributed by atoms with van der Waals surface area (Å²) in [7, 11) is 0. The van der Waals surface area contributed by atoms with Crippen molar-refractivity contribution < 1.29 is 0 Å². The minimum atomic E-state index is 0.523. The SMILES string of the molecule is Cc1cnn(CCN2CCC(Nc3ccnc(C4CC4)n3)CC2)c1. The van der Waals surface area contributed by atoms with Gasteiger partial charge in [0, 0.05) is 44.0 Å². The van der Waals surface area contributed by atoms with E-state index in [0.29, 0.717) is 12.0 Å². The Hall–Kier alpha value is -1.95. The van der Waals surface area contributed by atoms with Crippen molar-refractivity contribution >= 4 is 5.82 Å². The number of likely N-dealkylation sites (tertiary alicyclic amines) is 1. The Morgan fingerprint density at radius 2 is 2.00 bits per heavy atom. The highest BCUT2D eigenvalue weighted by molar-refractivity contribution is 5.35. The van der Waals surface area contributed by atoms with Gasteiger partial charge >= 0.3 is 0 Å². The molecule has 0 aromatic carbocycles. The maximum Gasteiger partial charge on any atom is 0.133 e. The van der Waals surface area contributed by atoms with E-state index in [9.17, 15) is 0 Å². The summed E-state index contributed by atoms with van der Waals surface area (Å²) in [6.45, 7) is 6.41. The standard InChI is InChI=1S/C18H26N6/c1-14-12-20-24(13-14)11-10-23-8-5-16(6-9-23)21-17-4-7-19-18(22-17)15-2-3-15/h4,7,12-13,15-16H,2-3,5-6,8-11H2,1H3,(H,19,21,22). The normalized spacial score (nSPS) is 19.5. The molecular formula is C18H26N6. The van der Waals surface area contributed by atoms with E-state index in [4.69, 9.17) is 0 Å². The van der Waals surface area contributed by atoms with Gasteiger partial charge in [0.1, 0.15) is 11.6 Å². The summed E-state index contributed by atoms with van der Waals surface area (Å²) in [5.74, 6) is 2.63. The van der Waals surface area contributed by atoms with Gasteiger partial charge in [0.2, 0.25) is 0 Å². The molecule has 1 saturated heterocycles. The molecule has 3 heterocycles. The highest BCUT2D eigenvalue weighted by Gasteiger charge is 2.27. The van der Waals surface area contributed by atoms with Crippen LogP contribution in [0.25, 0.3) is 0 Å². The number of rotatable bonds is 6. The molecule has 1 aliphatic carbocycles. The fourth-order valence-corrected chi connectivity index (χ4v) is 3.34. The quantitative estimate of drug-likeness (QED) is 0.883. The number of anilines is 1. The van der Waals surface area contributed by atoms with Gasteiger partial charge in [-0.15, -0.1) is 0 Å². The van der Waals surface area contributed by atoms with Crippen molar-refractivity contribution in [2.75, 3.05) is 25.0 Å². The highest BCUT2D eigenvalue weighted by atomic mass is 15.3. The van der Waals surface area contributed by atoms with Gasteiger partial charge in [-0.05, 0) is 44.2 Å². The Morgan fingerprint density at radius 3 is 2.71 bits per heavy atom. The maximum atomic E-state index is 4.68. The average Bonchev–Trinajstić information content (AvgIpc) is 3.37. The molecule has 0 radical (unpaired) electrons. The summed E-state index contributed by atoms with van der Waals surface area (Å²) < 4.78 is 2.04. The molecule has 4 rings (SSSR count). The first kappa shape index (κ1) is 15.6. The molecule has 2 aromatic heterocycles. The summed E-state index contributed by atoms with van der Waals surface area (Å²) in [6.07, 6.45) is 10.8. The average molecular weight is 326 g/mol. The predicted molar refractivity (Wildman–Crippen MR) is 94.1 cm³/mol. The van der Waals surface area contributed by atoms with Crippen molar-refractivity contribution in [3.63, 3.8) is 0 Å². The highest BCUT2D eigenvalue weighted by Crippen LogP contribution is 2.38.